The monoisotopic (exact) mass is 485 g/mol. The van der Waals surface area contributed by atoms with Gasteiger partial charge in [-0.1, -0.05) is 12.1 Å². The molecular weight excluding hydrogens is 463 g/mol. The minimum atomic E-state index is -4.75. The third kappa shape index (κ3) is 5.13. The molecule has 0 spiro atoms. The van der Waals surface area contributed by atoms with E-state index in [1.165, 1.54) is 30.3 Å². The predicted octanol–water partition coefficient (Wildman–Crippen LogP) is 3.49. The van der Waals surface area contributed by atoms with E-state index < -0.39 is 6.36 Å². The van der Waals surface area contributed by atoms with Gasteiger partial charge in [-0.2, -0.15) is 15.4 Å². The van der Waals surface area contributed by atoms with Gasteiger partial charge in [-0.05, 0) is 60.2 Å². The molecule has 1 aromatic heterocycles. The number of hydrogen-bond donors (Lipinski definition) is 1. The first-order chi connectivity index (χ1) is 16.7. The highest BCUT2D eigenvalue weighted by Gasteiger charge is 2.39. The smallest absolute Gasteiger partial charge is 0.406 e. The molecule has 0 aliphatic carbocycles. The van der Waals surface area contributed by atoms with Gasteiger partial charge in [-0.25, -0.2) is 0 Å². The molecule has 35 heavy (non-hydrogen) atoms. The van der Waals surface area contributed by atoms with Crippen LogP contribution in [0.3, 0.4) is 0 Å². The van der Waals surface area contributed by atoms with Crippen molar-refractivity contribution in [2.24, 2.45) is 11.8 Å². The first-order valence-corrected chi connectivity index (χ1v) is 11.2. The number of halogens is 3. The number of aromatic amines is 1. The molecule has 2 amide bonds. The molecular formula is C24H22F3N5O3. The standard InChI is InChI=1S/C24H22F3N5O3/c25-24(26,27)35-19-5-1-15(2-6-19)3-8-22(33)32-12-17-9-10-31(13-18(17)14-32)23(34)16-4-7-20-21(11-16)29-30-28-20/h1-8,11,17-18H,9-10,12-14H2,(H,28,29,30). The van der Waals surface area contributed by atoms with Crippen molar-refractivity contribution in [2.45, 2.75) is 12.8 Å². The molecule has 2 aromatic carbocycles. The Morgan fingerprint density at radius 2 is 1.69 bits per heavy atom. The van der Waals surface area contributed by atoms with Gasteiger partial charge in [0, 0.05) is 37.8 Å². The summed E-state index contributed by atoms with van der Waals surface area (Å²) in [6, 6.07) is 10.5. The number of benzene rings is 2. The van der Waals surface area contributed by atoms with Gasteiger partial charge in [0.25, 0.3) is 5.91 Å². The number of hydrogen-bond acceptors (Lipinski definition) is 5. The van der Waals surface area contributed by atoms with E-state index in [1.54, 1.807) is 29.2 Å². The summed E-state index contributed by atoms with van der Waals surface area (Å²) in [4.78, 5) is 29.4. The summed E-state index contributed by atoms with van der Waals surface area (Å²) in [6.07, 6.45) is -0.938. The van der Waals surface area contributed by atoms with Crippen LogP contribution in [0.15, 0.2) is 48.5 Å². The number of rotatable bonds is 4. The molecule has 2 aliphatic rings. The summed E-state index contributed by atoms with van der Waals surface area (Å²) in [5.74, 6) is -0.0159. The Balaban J connectivity index is 1.17. The van der Waals surface area contributed by atoms with Gasteiger partial charge in [0.05, 0.1) is 0 Å². The van der Waals surface area contributed by atoms with E-state index in [-0.39, 0.29) is 23.5 Å². The number of piperidine rings is 1. The lowest BCUT2D eigenvalue weighted by Crippen LogP contribution is -2.43. The van der Waals surface area contributed by atoms with Crippen LogP contribution >= 0.6 is 0 Å². The number of aromatic nitrogens is 3. The fourth-order valence-electron chi connectivity index (χ4n) is 4.74. The SMILES string of the molecule is O=C(C=Cc1ccc(OC(F)(F)F)cc1)N1CC2CCN(C(=O)c3ccc4n[nH]nc4c3)CC2C1. The van der Waals surface area contributed by atoms with Crippen LogP contribution < -0.4 is 4.74 Å². The number of amides is 2. The Morgan fingerprint density at radius 1 is 0.971 bits per heavy atom. The van der Waals surface area contributed by atoms with Crippen molar-refractivity contribution in [3.63, 3.8) is 0 Å². The van der Waals surface area contributed by atoms with Gasteiger partial charge in [-0.15, -0.1) is 13.2 Å². The summed E-state index contributed by atoms with van der Waals surface area (Å²) >= 11 is 0. The van der Waals surface area contributed by atoms with Crippen molar-refractivity contribution < 1.29 is 27.5 Å². The molecule has 182 valence electrons. The number of carbonyl (C=O) groups excluding carboxylic acids is 2. The van der Waals surface area contributed by atoms with E-state index >= 15 is 0 Å². The van der Waals surface area contributed by atoms with Crippen LogP contribution in [0.1, 0.15) is 22.3 Å². The van der Waals surface area contributed by atoms with Gasteiger partial charge in [0.15, 0.2) is 0 Å². The molecule has 3 aromatic rings. The molecule has 0 saturated carbocycles. The van der Waals surface area contributed by atoms with Gasteiger partial charge >= 0.3 is 6.36 Å². The zero-order valence-corrected chi connectivity index (χ0v) is 18.5. The third-order valence-electron chi connectivity index (χ3n) is 6.50. The number of nitrogens with zero attached hydrogens (tertiary/aromatic N) is 4. The molecule has 0 radical (unpaired) electrons. The molecule has 2 aliphatic heterocycles. The maximum Gasteiger partial charge on any atom is 0.573 e. The maximum absolute atomic E-state index is 13.0. The van der Waals surface area contributed by atoms with Crippen molar-refractivity contribution >= 4 is 28.9 Å². The highest BCUT2D eigenvalue weighted by molar-refractivity contribution is 5.97. The minimum absolute atomic E-state index is 0.0593. The lowest BCUT2D eigenvalue weighted by atomic mass is 9.88. The minimum Gasteiger partial charge on any atom is -0.406 e. The van der Waals surface area contributed by atoms with Gasteiger partial charge in [0.1, 0.15) is 16.8 Å². The van der Waals surface area contributed by atoms with Crippen molar-refractivity contribution in [2.75, 3.05) is 26.2 Å². The van der Waals surface area contributed by atoms with Crippen molar-refractivity contribution in [1.29, 1.82) is 0 Å². The van der Waals surface area contributed by atoms with E-state index in [9.17, 15) is 22.8 Å². The molecule has 1 N–H and O–H groups in total. The molecule has 8 nitrogen and oxygen atoms in total. The molecule has 2 unspecified atom stereocenters. The normalized spacial score (nSPS) is 20.4. The first-order valence-electron chi connectivity index (χ1n) is 11.2. The maximum atomic E-state index is 13.0. The Hall–Kier alpha value is -3.89. The van der Waals surface area contributed by atoms with E-state index in [2.05, 4.69) is 20.1 Å². The highest BCUT2D eigenvalue weighted by atomic mass is 19.4. The second-order valence-corrected chi connectivity index (χ2v) is 8.78. The summed E-state index contributed by atoms with van der Waals surface area (Å²) in [5, 5.41) is 10.6. The lowest BCUT2D eigenvalue weighted by molar-refractivity contribution is -0.274. The summed E-state index contributed by atoms with van der Waals surface area (Å²) in [5.41, 5.74) is 2.48. The van der Waals surface area contributed by atoms with Crippen LogP contribution in [-0.4, -0.2) is 69.6 Å². The number of carbonyl (C=O) groups is 2. The van der Waals surface area contributed by atoms with Crippen molar-refractivity contribution in [3.05, 3.63) is 59.7 Å². The molecule has 11 heteroatoms. The molecule has 0 bridgehead atoms. The van der Waals surface area contributed by atoms with Crippen LogP contribution in [0.4, 0.5) is 13.2 Å². The van der Waals surface area contributed by atoms with Gasteiger partial charge in [0.2, 0.25) is 5.91 Å². The fraction of sp³-hybridized carbons (Fsp3) is 0.333. The molecule has 2 atom stereocenters. The largest absolute Gasteiger partial charge is 0.573 e. The predicted molar refractivity (Wildman–Crippen MR) is 120 cm³/mol. The second-order valence-electron chi connectivity index (χ2n) is 8.78. The van der Waals surface area contributed by atoms with Crippen LogP contribution in [0, 0.1) is 11.8 Å². The summed E-state index contributed by atoms with van der Waals surface area (Å²) < 4.78 is 40.7. The van der Waals surface area contributed by atoms with E-state index in [0.717, 1.165) is 6.42 Å². The Morgan fingerprint density at radius 3 is 2.46 bits per heavy atom. The third-order valence-corrected chi connectivity index (χ3v) is 6.50. The average molecular weight is 485 g/mol. The molecule has 3 heterocycles. The zero-order chi connectivity index (χ0) is 24.6. The Kier molecular flexibility index (Phi) is 5.91. The number of likely N-dealkylation sites (tertiary alicyclic amines) is 2. The molecule has 2 fully saturated rings. The molecule has 2 saturated heterocycles. The second kappa shape index (κ2) is 9.05. The zero-order valence-electron chi connectivity index (χ0n) is 18.5. The van der Waals surface area contributed by atoms with Crippen LogP contribution in [0.2, 0.25) is 0 Å². The number of ether oxygens (including phenoxy) is 1. The lowest BCUT2D eigenvalue weighted by Gasteiger charge is -2.34. The summed E-state index contributed by atoms with van der Waals surface area (Å²) in [6.45, 7) is 2.38. The van der Waals surface area contributed by atoms with Gasteiger partial charge < -0.3 is 14.5 Å². The topological polar surface area (TPSA) is 91.4 Å². The first kappa shape index (κ1) is 22.9. The Bertz CT molecular complexity index is 1270. The van der Waals surface area contributed by atoms with Crippen LogP contribution in [0.5, 0.6) is 5.75 Å². The number of alkyl halides is 3. The van der Waals surface area contributed by atoms with Crippen molar-refractivity contribution in [3.8, 4) is 5.75 Å². The number of H-pyrrole nitrogens is 1. The number of nitrogens with one attached hydrogen (secondary N) is 1. The Labute approximate surface area is 198 Å². The van der Waals surface area contributed by atoms with Crippen molar-refractivity contribution in [1.82, 2.24) is 25.2 Å². The summed E-state index contributed by atoms with van der Waals surface area (Å²) in [7, 11) is 0. The molecule has 5 rings (SSSR count). The van der Waals surface area contributed by atoms with E-state index in [4.69, 9.17) is 0 Å². The highest BCUT2D eigenvalue weighted by Crippen LogP contribution is 2.32. The van der Waals surface area contributed by atoms with Gasteiger partial charge in [-0.3, -0.25) is 9.59 Å². The number of fused-ring (bicyclic) bond motifs is 2. The van der Waals surface area contributed by atoms with Crippen LogP contribution in [-0.2, 0) is 4.79 Å². The fourth-order valence-corrected chi connectivity index (χ4v) is 4.74. The van der Waals surface area contributed by atoms with E-state index in [1.807, 2.05) is 4.90 Å². The van der Waals surface area contributed by atoms with Crippen LogP contribution in [0.25, 0.3) is 17.1 Å². The quantitative estimate of drug-likeness (QED) is 0.572. The average Bonchev–Trinajstić information content (AvgIpc) is 3.48. The van der Waals surface area contributed by atoms with E-state index in [0.29, 0.717) is 54.3 Å².